The van der Waals surface area contributed by atoms with Crippen LogP contribution in [0, 0.1) is 27.7 Å². The Kier molecular flexibility index (Phi) is 17.0. The molecule has 0 saturated carbocycles. The van der Waals surface area contributed by atoms with Gasteiger partial charge >= 0.3 is 0 Å². The Morgan fingerprint density at radius 3 is 0.816 bits per heavy atom. The number of nitrogens with zero attached hydrogens (tertiary/aromatic N) is 11. The highest BCUT2D eigenvalue weighted by molar-refractivity contribution is 5.70. The van der Waals surface area contributed by atoms with Crippen LogP contribution in [-0.2, 0) is 0 Å². The molecule has 76 heavy (non-hydrogen) atoms. The van der Waals surface area contributed by atoms with Crippen molar-refractivity contribution in [2.24, 2.45) is 0 Å². The lowest BCUT2D eigenvalue weighted by Crippen LogP contribution is -1.95. The van der Waals surface area contributed by atoms with E-state index in [1.807, 2.05) is 204 Å². The molecule has 12 rings (SSSR count). The van der Waals surface area contributed by atoms with Crippen LogP contribution in [0.1, 0.15) is 23.3 Å². The highest BCUT2D eigenvalue weighted by atomic mass is 14.9. The summed E-state index contributed by atoms with van der Waals surface area (Å²) in [4.78, 5) is 48.5. The lowest BCUT2D eigenvalue weighted by molar-refractivity contribution is 1.05. The van der Waals surface area contributed by atoms with E-state index in [-0.39, 0.29) is 0 Å². The minimum Gasteiger partial charge on any atom is -0.265 e. The summed E-state index contributed by atoms with van der Waals surface area (Å²) in [5.41, 5.74) is 15.9. The van der Waals surface area contributed by atoms with Gasteiger partial charge in [-0.2, -0.15) is 0 Å². The molecular weight excluding hydrogens is 935 g/mol. The summed E-state index contributed by atoms with van der Waals surface area (Å²) in [7, 11) is 0. The number of hydrogen-bond donors (Lipinski definition) is 0. The first-order valence-corrected chi connectivity index (χ1v) is 24.7. The quantitative estimate of drug-likeness (QED) is 0.144. The molecule has 0 N–H and O–H groups in total. The maximum absolute atomic E-state index is 4.52. The second kappa shape index (κ2) is 25.5. The third kappa shape index (κ3) is 14.1. The molecular formula is C65H53N11. The van der Waals surface area contributed by atoms with E-state index in [9.17, 15) is 0 Å². The minimum absolute atomic E-state index is 0.752. The molecule has 0 aliphatic rings. The van der Waals surface area contributed by atoms with Gasteiger partial charge in [-0.3, -0.25) is 15.0 Å². The summed E-state index contributed by atoms with van der Waals surface area (Å²) in [6.45, 7) is 7.65. The second-order valence-electron chi connectivity index (χ2n) is 17.3. The van der Waals surface area contributed by atoms with Crippen molar-refractivity contribution in [2.75, 3.05) is 0 Å². The van der Waals surface area contributed by atoms with E-state index < -0.39 is 0 Å². The molecule has 0 bridgehead atoms. The molecule has 0 atom stereocenters. The van der Waals surface area contributed by atoms with Gasteiger partial charge in [0, 0.05) is 69.9 Å². The van der Waals surface area contributed by atoms with Crippen molar-refractivity contribution in [1.82, 2.24) is 54.8 Å². The molecule has 7 heterocycles. The molecule has 11 heteroatoms. The zero-order valence-corrected chi connectivity index (χ0v) is 42.6. The van der Waals surface area contributed by atoms with Crippen LogP contribution < -0.4 is 0 Å². The molecule has 0 aliphatic heterocycles. The standard InChI is InChI=1S/C17H14N2.3C16H13N3/c1-13-18-16(14-8-4-2-5-9-14)12-17(19-13)15-10-6-3-7-11-15;1-12-18-15(13-7-3-2-4-8-13)11-16(19-12)14-9-5-6-10-17-14;1-12-18-15(13-6-3-2-4-7-13)10-16(19-12)14-8-5-9-17-11-14;1-12-18-15(13-5-3-2-4-6-13)11-16(19-12)14-7-9-17-10-8-14/h2-12H,1H3;3*2-11H,1H3. The first kappa shape index (κ1) is 50.8. The largest absolute Gasteiger partial charge is 0.265 e. The molecule has 12 aromatic rings. The predicted octanol–water partition coefficient (Wildman–Crippen LogP) is 14.7. The highest BCUT2D eigenvalue weighted by Crippen LogP contribution is 2.27. The SMILES string of the molecule is Cc1nc(-c2ccccc2)cc(-c2ccccc2)n1.Cc1nc(-c2ccccc2)cc(-c2ccccn2)n1.Cc1nc(-c2ccccc2)cc(-c2cccnc2)n1.Cc1nc(-c2ccccc2)cc(-c2ccncc2)n1. The maximum atomic E-state index is 4.52. The lowest BCUT2D eigenvalue weighted by Gasteiger charge is -2.06. The van der Waals surface area contributed by atoms with E-state index in [0.717, 1.165) is 113 Å². The molecule has 5 aromatic carbocycles. The van der Waals surface area contributed by atoms with Crippen molar-refractivity contribution in [3.8, 4) is 90.2 Å². The fourth-order valence-corrected chi connectivity index (χ4v) is 8.03. The highest BCUT2D eigenvalue weighted by Gasteiger charge is 2.10. The van der Waals surface area contributed by atoms with Gasteiger partial charge in [-0.05, 0) is 88.4 Å². The molecule has 0 aliphatic carbocycles. The van der Waals surface area contributed by atoms with Crippen LogP contribution in [-0.4, -0.2) is 54.8 Å². The van der Waals surface area contributed by atoms with Gasteiger partial charge in [-0.1, -0.05) is 158 Å². The van der Waals surface area contributed by atoms with Crippen LogP contribution in [0.15, 0.2) is 249 Å². The van der Waals surface area contributed by atoms with Gasteiger partial charge in [0.25, 0.3) is 0 Å². The average Bonchev–Trinajstić information content (AvgIpc) is 3.49. The lowest BCUT2D eigenvalue weighted by atomic mass is 10.1. The van der Waals surface area contributed by atoms with Crippen LogP contribution in [0.25, 0.3) is 90.2 Å². The number of hydrogen-bond acceptors (Lipinski definition) is 11. The molecule has 368 valence electrons. The summed E-state index contributed by atoms with van der Waals surface area (Å²) in [5, 5.41) is 0. The van der Waals surface area contributed by atoms with Crippen LogP contribution in [0.5, 0.6) is 0 Å². The van der Waals surface area contributed by atoms with E-state index in [4.69, 9.17) is 0 Å². The van der Waals surface area contributed by atoms with Crippen LogP contribution in [0.2, 0.25) is 0 Å². The van der Waals surface area contributed by atoms with E-state index in [0.29, 0.717) is 0 Å². The first-order chi connectivity index (χ1) is 37.3. The zero-order valence-electron chi connectivity index (χ0n) is 42.6. The van der Waals surface area contributed by atoms with Gasteiger partial charge in [0.05, 0.1) is 51.2 Å². The van der Waals surface area contributed by atoms with Crippen molar-refractivity contribution in [3.05, 3.63) is 273 Å². The Morgan fingerprint density at radius 1 is 0.211 bits per heavy atom. The van der Waals surface area contributed by atoms with Crippen molar-refractivity contribution >= 4 is 0 Å². The zero-order chi connectivity index (χ0) is 52.3. The van der Waals surface area contributed by atoms with Crippen molar-refractivity contribution < 1.29 is 0 Å². The monoisotopic (exact) mass is 987 g/mol. The molecule has 11 nitrogen and oxygen atoms in total. The first-order valence-electron chi connectivity index (χ1n) is 24.7. The van der Waals surface area contributed by atoms with Crippen molar-refractivity contribution in [2.45, 2.75) is 27.7 Å². The van der Waals surface area contributed by atoms with Gasteiger partial charge in [0.1, 0.15) is 23.3 Å². The van der Waals surface area contributed by atoms with Crippen molar-refractivity contribution in [3.63, 3.8) is 0 Å². The fourth-order valence-electron chi connectivity index (χ4n) is 8.03. The summed E-state index contributed by atoms with van der Waals surface area (Å²) in [6, 6.07) is 72.4. The normalized spacial score (nSPS) is 10.4. The second-order valence-corrected chi connectivity index (χ2v) is 17.3. The van der Waals surface area contributed by atoms with Gasteiger partial charge in [-0.25, -0.2) is 39.9 Å². The molecule has 0 saturated heterocycles. The third-order valence-electron chi connectivity index (χ3n) is 11.6. The molecule has 0 unspecified atom stereocenters. The Hall–Kier alpha value is -10.1. The smallest absolute Gasteiger partial charge is 0.126 e. The Morgan fingerprint density at radius 2 is 0.500 bits per heavy atom. The Labute approximate surface area is 443 Å². The number of aromatic nitrogens is 11. The number of rotatable bonds is 8. The van der Waals surface area contributed by atoms with Gasteiger partial charge < -0.3 is 0 Å². The van der Waals surface area contributed by atoms with Crippen LogP contribution in [0.3, 0.4) is 0 Å². The summed E-state index contributed by atoms with van der Waals surface area (Å²) in [5.74, 6) is 3.08. The van der Waals surface area contributed by atoms with E-state index in [2.05, 4.69) is 103 Å². The van der Waals surface area contributed by atoms with Crippen LogP contribution in [0.4, 0.5) is 0 Å². The maximum Gasteiger partial charge on any atom is 0.126 e. The molecule has 0 fully saturated rings. The van der Waals surface area contributed by atoms with E-state index in [1.165, 1.54) is 0 Å². The summed E-state index contributed by atoms with van der Waals surface area (Å²) < 4.78 is 0. The van der Waals surface area contributed by atoms with E-state index >= 15 is 0 Å². The minimum atomic E-state index is 0.752. The molecule has 7 aromatic heterocycles. The van der Waals surface area contributed by atoms with Gasteiger partial charge in [0.2, 0.25) is 0 Å². The summed E-state index contributed by atoms with van der Waals surface area (Å²) >= 11 is 0. The predicted molar refractivity (Wildman–Crippen MR) is 304 cm³/mol. The van der Waals surface area contributed by atoms with E-state index in [1.54, 1.807) is 24.8 Å². The Bertz CT molecular complexity index is 2980. The topological polar surface area (TPSA) is 142 Å². The summed E-state index contributed by atoms with van der Waals surface area (Å²) in [6.07, 6.45) is 8.89. The molecule has 0 spiro atoms. The van der Waals surface area contributed by atoms with Crippen molar-refractivity contribution in [1.29, 1.82) is 0 Å². The van der Waals surface area contributed by atoms with Gasteiger partial charge in [0.15, 0.2) is 0 Å². The number of benzene rings is 5. The third-order valence-corrected chi connectivity index (χ3v) is 11.6. The number of aryl methyl sites for hydroxylation is 4. The average molecular weight is 988 g/mol. The van der Waals surface area contributed by atoms with Gasteiger partial charge in [-0.15, -0.1) is 0 Å². The molecule has 0 amide bonds. The molecule has 0 radical (unpaired) electrons. The fraction of sp³-hybridized carbons (Fsp3) is 0.0615. The Balaban J connectivity index is 0.000000124. The number of pyridine rings is 3. The van der Waals surface area contributed by atoms with Crippen LogP contribution >= 0.6 is 0 Å².